The van der Waals surface area contributed by atoms with Gasteiger partial charge < -0.3 is 14.9 Å². The molecule has 1 amide bonds. The molecule has 2 aliphatic rings. The summed E-state index contributed by atoms with van der Waals surface area (Å²) in [6.07, 6.45) is 0.0939. The van der Waals surface area contributed by atoms with E-state index in [0.29, 0.717) is 11.5 Å². The van der Waals surface area contributed by atoms with Crippen LogP contribution in [0, 0.1) is 33.6 Å². The van der Waals surface area contributed by atoms with Crippen molar-refractivity contribution in [3.63, 3.8) is 0 Å². The Bertz CT molecular complexity index is 703. The number of aliphatic hydroxyl groups is 1. The molecule has 2 heterocycles. The van der Waals surface area contributed by atoms with Crippen molar-refractivity contribution in [1.29, 1.82) is 0 Å². The molecule has 0 aliphatic carbocycles. The smallest absolute Gasteiger partial charge is 0.256 e. The van der Waals surface area contributed by atoms with Crippen LogP contribution in [0.4, 0.5) is 5.69 Å². The van der Waals surface area contributed by atoms with Crippen molar-refractivity contribution in [3.8, 4) is 0 Å². The Balaban J connectivity index is 2.30. The number of amides is 1. The number of likely N-dealkylation sites (N-methyl/N-ethyl adjacent to an activating group) is 1. The fraction of sp³-hybridized carbons (Fsp3) is 0.632. The number of hydrogen-bond acceptors (Lipinski definition) is 3. The first-order valence-corrected chi connectivity index (χ1v) is 8.37. The van der Waals surface area contributed by atoms with Gasteiger partial charge in [0.15, 0.2) is 0 Å². The molecule has 4 nitrogen and oxygen atoms in total. The number of benzene rings is 1. The molecule has 0 bridgehead atoms. The normalized spacial score (nSPS) is 30.9. The maximum absolute atomic E-state index is 13.4. The van der Waals surface area contributed by atoms with Gasteiger partial charge in [-0.3, -0.25) is 4.79 Å². The first-order chi connectivity index (χ1) is 11.2. The van der Waals surface area contributed by atoms with Gasteiger partial charge in [-0.1, -0.05) is 6.92 Å². The number of rotatable bonds is 0. The average molecular weight is 317 g/mol. The lowest BCUT2D eigenvalue weighted by Gasteiger charge is -2.33. The summed E-state index contributed by atoms with van der Waals surface area (Å²) in [6.45, 7) is 10.3. The Labute approximate surface area is 140 Å². The van der Waals surface area contributed by atoms with Crippen LogP contribution in [0.1, 0.15) is 54.3 Å². The standard InChI is InChI=1S/C19H28N2O2/c1-9-8-15-18(22)20(7)17-13(5)11(3)10(2)12(4)16(17)19(23)21(15)14(9)6/h9,14-15,18,22H,8H2,1-7H3/t9?,14?,15-,18?/m0/s1/i3D. The molecule has 4 heteroatoms. The van der Waals surface area contributed by atoms with Crippen molar-refractivity contribution >= 4 is 11.6 Å². The Morgan fingerprint density at radius 3 is 2.39 bits per heavy atom. The molecule has 0 aromatic heterocycles. The van der Waals surface area contributed by atoms with Crippen molar-refractivity contribution < 1.29 is 11.3 Å². The molecule has 0 radical (unpaired) electrons. The maximum atomic E-state index is 13.4. The highest BCUT2D eigenvalue weighted by atomic mass is 16.3. The van der Waals surface area contributed by atoms with E-state index >= 15 is 0 Å². The summed E-state index contributed by atoms with van der Waals surface area (Å²) in [5.74, 6) is 0.397. The molecule has 3 unspecified atom stereocenters. The first-order valence-electron chi connectivity index (χ1n) is 9.08. The molecule has 0 spiro atoms. The van der Waals surface area contributed by atoms with E-state index in [-0.39, 0.29) is 24.9 Å². The van der Waals surface area contributed by atoms with Crippen LogP contribution in [0.3, 0.4) is 0 Å². The lowest BCUT2D eigenvalue weighted by Crippen LogP contribution is -2.49. The summed E-state index contributed by atoms with van der Waals surface area (Å²) in [7, 11) is 1.86. The third-order valence-electron chi connectivity index (χ3n) is 6.21. The van der Waals surface area contributed by atoms with Crippen LogP contribution in [-0.4, -0.2) is 41.3 Å². The fourth-order valence-electron chi connectivity index (χ4n) is 4.29. The number of nitrogens with zero attached hydrogens (tertiary/aromatic N) is 2. The third kappa shape index (κ3) is 2.04. The number of carbonyl (C=O) groups is 1. The minimum Gasteiger partial charge on any atom is -0.371 e. The summed E-state index contributed by atoms with van der Waals surface area (Å²) in [4.78, 5) is 17.2. The van der Waals surface area contributed by atoms with E-state index in [4.69, 9.17) is 1.37 Å². The van der Waals surface area contributed by atoms with Crippen LogP contribution in [0.2, 0.25) is 0 Å². The van der Waals surface area contributed by atoms with Crippen LogP contribution in [0.15, 0.2) is 0 Å². The van der Waals surface area contributed by atoms with Gasteiger partial charge >= 0.3 is 0 Å². The van der Waals surface area contributed by atoms with E-state index in [0.717, 1.165) is 34.4 Å². The Morgan fingerprint density at radius 2 is 1.78 bits per heavy atom. The highest BCUT2D eigenvalue weighted by molar-refractivity contribution is 6.04. The lowest BCUT2D eigenvalue weighted by molar-refractivity contribution is 0.0444. The average Bonchev–Trinajstić information content (AvgIpc) is 2.80. The van der Waals surface area contributed by atoms with Gasteiger partial charge in [0.05, 0.1) is 17.3 Å². The van der Waals surface area contributed by atoms with Gasteiger partial charge in [-0.05, 0) is 69.2 Å². The van der Waals surface area contributed by atoms with Gasteiger partial charge in [0.2, 0.25) is 0 Å². The highest BCUT2D eigenvalue weighted by Gasteiger charge is 2.47. The molecule has 1 saturated heterocycles. The van der Waals surface area contributed by atoms with Crippen LogP contribution < -0.4 is 4.90 Å². The predicted octanol–water partition coefficient (Wildman–Crippen LogP) is 2.93. The summed E-state index contributed by atoms with van der Waals surface area (Å²) >= 11 is 0. The van der Waals surface area contributed by atoms with Crippen LogP contribution >= 0.6 is 0 Å². The summed E-state index contributed by atoms with van der Waals surface area (Å²) in [6, 6.07) is -0.0641. The van der Waals surface area contributed by atoms with Crippen molar-refractivity contribution in [2.45, 2.75) is 66.3 Å². The van der Waals surface area contributed by atoms with Crippen molar-refractivity contribution in [3.05, 3.63) is 27.8 Å². The number of carbonyl (C=O) groups excluding carboxylic acids is 1. The van der Waals surface area contributed by atoms with Gasteiger partial charge in [0.1, 0.15) is 6.23 Å². The molecule has 3 rings (SSSR count). The zero-order valence-electron chi connectivity index (χ0n) is 16.0. The maximum Gasteiger partial charge on any atom is 0.256 e. The zero-order chi connectivity index (χ0) is 17.9. The fourth-order valence-corrected chi connectivity index (χ4v) is 4.29. The van der Waals surface area contributed by atoms with Gasteiger partial charge in [-0.15, -0.1) is 0 Å². The zero-order valence-corrected chi connectivity index (χ0v) is 15.0. The second-order valence-electron chi connectivity index (χ2n) is 7.34. The summed E-state index contributed by atoms with van der Waals surface area (Å²) in [5.41, 5.74) is 5.37. The Hall–Kier alpha value is -1.55. The van der Waals surface area contributed by atoms with Crippen molar-refractivity contribution in [2.24, 2.45) is 5.92 Å². The molecule has 1 aromatic carbocycles. The Morgan fingerprint density at radius 1 is 1.13 bits per heavy atom. The molecular weight excluding hydrogens is 288 g/mol. The number of fused-ring (bicyclic) bond motifs is 2. The summed E-state index contributed by atoms with van der Waals surface area (Å²) in [5, 5.41) is 11.0. The highest BCUT2D eigenvalue weighted by Crippen LogP contribution is 2.42. The molecular formula is C19H28N2O2. The van der Waals surface area contributed by atoms with E-state index in [1.54, 1.807) is 0 Å². The number of anilines is 1. The van der Waals surface area contributed by atoms with Crippen molar-refractivity contribution in [1.82, 2.24) is 4.90 Å². The topological polar surface area (TPSA) is 43.8 Å². The molecule has 2 aliphatic heterocycles. The largest absolute Gasteiger partial charge is 0.371 e. The van der Waals surface area contributed by atoms with E-state index < -0.39 is 6.23 Å². The molecule has 1 fully saturated rings. The minimum absolute atomic E-state index is 0.0236. The van der Waals surface area contributed by atoms with E-state index in [1.807, 2.05) is 37.6 Å². The molecule has 1 aromatic rings. The minimum atomic E-state index is -0.720. The van der Waals surface area contributed by atoms with Crippen LogP contribution in [0.5, 0.6) is 0 Å². The van der Waals surface area contributed by atoms with Crippen LogP contribution in [-0.2, 0) is 0 Å². The second kappa shape index (κ2) is 5.23. The molecule has 4 atom stereocenters. The number of aliphatic hydroxyl groups excluding tert-OH is 1. The van der Waals surface area contributed by atoms with Gasteiger partial charge in [0, 0.05) is 14.5 Å². The molecule has 23 heavy (non-hydrogen) atoms. The van der Waals surface area contributed by atoms with Gasteiger partial charge in [0.25, 0.3) is 5.91 Å². The second-order valence-corrected chi connectivity index (χ2v) is 7.34. The molecule has 126 valence electrons. The van der Waals surface area contributed by atoms with Crippen LogP contribution in [0.25, 0.3) is 0 Å². The van der Waals surface area contributed by atoms with Gasteiger partial charge in [-0.25, -0.2) is 0 Å². The summed E-state index contributed by atoms with van der Waals surface area (Å²) < 4.78 is 7.87. The monoisotopic (exact) mass is 317 g/mol. The first kappa shape index (κ1) is 15.0. The van der Waals surface area contributed by atoms with Crippen molar-refractivity contribution in [2.75, 3.05) is 11.9 Å². The predicted molar refractivity (Wildman–Crippen MR) is 93.0 cm³/mol. The molecule has 1 N–H and O–H groups in total. The Kier molecular flexibility index (Phi) is 3.41. The third-order valence-corrected chi connectivity index (χ3v) is 6.21. The van der Waals surface area contributed by atoms with E-state index in [2.05, 4.69) is 13.8 Å². The SMILES string of the molecule is [2H]Cc1c(C)c(C)c2c(c1C)N(C)C(O)[C@@H]1CC(C)C(C)N1C2=O. The quantitative estimate of drug-likeness (QED) is 0.800. The van der Waals surface area contributed by atoms with Gasteiger partial charge in [-0.2, -0.15) is 0 Å². The number of hydrogen-bond donors (Lipinski definition) is 1. The molecule has 0 saturated carbocycles. The van der Waals surface area contributed by atoms with E-state index in [9.17, 15) is 9.90 Å². The lowest BCUT2D eigenvalue weighted by atomic mass is 9.91. The van der Waals surface area contributed by atoms with E-state index in [1.165, 1.54) is 0 Å².